The normalized spacial score (nSPS) is 29.4. The first-order valence-electron chi connectivity index (χ1n) is 8.23. The Balaban J connectivity index is 1.74. The largest absolute Gasteiger partial charge is 0.345 e. The van der Waals surface area contributed by atoms with E-state index < -0.39 is 0 Å². The minimum absolute atomic E-state index is 0.258. The molecule has 1 saturated heterocycles. The van der Waals surface area contributed by atoms with Crippen molar-refractivity contribution in [1.29, 1.82) is 0 Å². The first-order valence-corrected chi connectivity index (χ1v) is 8.23. The monoisotopic (exact) mass is 281 g/mol. The van der Waals surface area contributed by atoms with Gasteiger partial charge < -0.3 is 15.5 Å². The summed E-state index contributed by atoms with van der Waals surface area (Å²) in [5.41, 5.74) is 5.72. The maximum atomic E-state index is 12.5. The van der Waals surface area contributed by atoms with E-state index in [1.165, 1.54) is 25.9 Å². The summed E-state index contributed by atoms with van der Waals surface area (Å²) in [5, 5.41) is 0. The Morgan fingerprint density at radius 2 is 1.70 bits per heavy atom. The zero-order valence-corrected chi connectivity index (χ0v) is 13.2. The van der Waals surface area contributed by atoms with Gasteiger partial charge in [0.05, 0.1) is 0 Å². The van der Waals surface area contributed by atoms with Gasteiger partial charge in [-0.25, -0.2) is 0 Å². The molecule has 2 N–H and O–H groups in total. The molecule has 0 aromatic rings. The van der Waals surface area contributed by atoms with E-state index in [9.17, 15) is 4.79 Å². The first kappa shape index (κ1) is 15.8. The molecule has 0 unspecified atom stereocenters. The van der Waals surface area contributed by atoms with Crippen LogP contribution in [0.5, 0.6) is 0 Å². The van der Waals surface area contributed by atoms with Crippen molar-refractivity contribution in [1.82, 2.24) is 9.80 Å². The summed E-state index contributed by atoms with van der Waals surface area (Å²) in [5.74, 6) is 1.98. The van der Waals surface area contributed by atoms with Gasteiger partial charge >= 0.3 is 0 Å². The van der Waals surface area contributed by atoms with Crippen LogP contribution in [-0.4, -0.2) is 56.0 Å². The first-order chi connectivity index (χ1) is 9.60. The van der Waals surface area contributed by atoms with Gasteiger partial charge in [-0.15, -0.1) is 0 Å². The lowest BCUT2D eigenvalue weighted by Gasteiger charge is -2.34. The lowest BCUT2D eigenvalue weighted by molar-refractivity contribution is -0.136. The van der Waals surface area contributed by atoms with Gasteiger partial charge in [-0.05, 0) is 77.0 Å². The number of nitrogens with two attached hydrogens (primary N) is 1. The lowest BCUT2D eigenvalue weighted by Crippen LogP contribution is -2.41. The van der Waals surface area contributed by atoms with Gasteiger partial charge in [0.25, 0.3) is 0 Å². The number of piperidine rings is 1. The van der Waals surface area contributed by atoms with Crippen molar-refractivity contribution < 1.29 is 4.79 Å². The minimum atomic E-state index is 0.258. The average molecular weight is 281 g/mol. The van der Waals surface area contributed by atoms with E-state index in [0.29, 0.717) is 17.7 Å². The van der Waals surface area contributed by atoms with Crippen LogP contribution in [0.2, 0.25) is 0 Å². The highest BCUT2D eigenvalue weighted by Gasteiger charge is 2.29. The lowest BCUT2D eigenvalue weighted by atomic mass is 9.81. The molecule has 0 bridgehead atoms. The molecule has 1 aliphatic heterocycles. The van der Waals surface area contributed by atoms with Crippen LogP contribution in [0.4, 0.5) is 0 Å². The second kappa shape index (κ2) is 7.41. The van der Waals surface area contributed by atoms with Crippen LogP contribution in [0.3, 0.4) is 0 Å². The summed E-state index contributed by atoms with van der Waals surface area (Å²) in [6, 6.07) is 0. The highest BCUT2D eigenvalue weighted by atomic mass is 16.2. The quantitative estimate of drug-likeness (QED) is 0.850. The van der Waals surface area contributed by atoms with Crippen molar-refractivity contribution in [2.45, 2.75) is 38.5 Å². The average Bonchev–Trinajstić information content (AvgIpc) is 2.49. The van der Waals surface area contributed by atoms with Crippen molar-refractivity contribution in [2.75, 3.05) is 40.3 Å². The Morgan fingerprint density at radius 1 is 1.10 bits per heavy atom. The van der Waals surface area contributed by atoms with Crippen LogP contribution in [-0.2, 0) is 4.79 Å². The molecular weight excluding hydrogens is 250 g/mol. The van der Waals surface area contributed by atoms with E-state index in [1.54, 1.807) is 0 Å². The molecule has 116 valence electrons. The molecule has 4 nitrogen and oxygen atoms in total. The second-order valence-corrected chi connectivity index (χ2v) is 6.92. The highest BCUT2D eigenvalue weighted by Crippen LogP contribution is 2.29. The maximum Gasteiger partial charge on any atom is 0.225 e. The topological polar surface area (TPSA) is 49.6 Å². The molecule has 0 atom stereocenters. The number of hydrogen-bond acceptors (Lipinski definition) is 3. The molecule has 2 rings (SSSR count). The number of carbonyl (C=O) groups is 1. The number of likely N-dealkylation sites (tertiary alicyclic amines) is 1. The highest BCUT2D eigenvalue weighted by molar-refractivity contribution is 5.78. The van der Waals surface area contributed by atoms with Gasteiger partial charge in [-0.2, -0.15) is 0 Å². The summed E-state index contributed by atoms with van der Waals surface area (Å²) in [4.78, 5) is 16.9. The van der Waals surface area contributed by atoms with Gasteiger partial charge in [0.1, 0.15) is 0 Å². The predicted octanol–water partition coefficient (Wildman–Crippen LogP) is 1.55. The van der Waals surface area contributed by atoms with Gasteiger partial charge in [0.15, 0.2) is 0 Å². The maximum absolute atomic E-state index is 12.5. The summed E-state index contributed by atoms with van der Waals surface area (Å²) in [6.45, 7) is 4.08. The third-order valence-corrected chi connectivity index (χ3v) is 5.28. The molecule has 4 heteroatoms. The second-order valence-electron chi connectivity index (χ2n) is 6.92. The van der Waals surface area contributed by atoms with Crippen molar-refractivity contribution >= 4 is 5.91 Å². The van der Waals surface area contributed by atoms with Crippen molar-refractivity contribution in [3.05, 3.63) is 0 Å². The standard InChI is InChI=1S/C16H31N3O/c1-18-9-7-14(8-10-18)12-19(2)16(20)15-5-3-13(11-17)4-6-15/h13-15H,3-12,17H2,1-2H3. The van der Waals surface area contributed by atoms with Gasteiger partial charge in [-0.3, -0.25) is 4.79 Å². The fourth-order valence-corrected chi connectivity index (χ4v) is 3.68. The molecular formula is C16H31N3O. The molecule has 1 amide bonds. The van der Waals surface area contributed by atoms with E-state index in [2.05, 4.69) is 11.9 Å². The van der Waals surface area contributed by atoms with Crippen molar-refractivity contribution in [3.63, 3.8) is 0 Å². The Labute approximate surface area is 123 Å². The van der Waals surface area contributed by atoms with Gasteiger partial charge in [0, 0.05) is 19.5 Å². The molecule has 0 radical (unpaired) electrons. The molecule has 0 spiro atoms. The molecule has 1 heterocycles. The third-order valence-electron chi connectivity index (χ3n) is 5.28. The van der Waals surface area contributed by atoms with Crippen LogP contribution in [0.1, 0.15) is 38.5 Å². The molecule has 1 saturated carbocycles. The van der Waals surface area contributed by atoms with Gasteiger partial charge in [-0.1, -0.05) is 0 Å². The number of carbonyl (C=O) groups excluding carboxylic acids is 1. The molecule has 20 heavy (non-hydrogen) atoms. The summed E-state index contributed by atoms with van der Waals surface area (Å²) < 4.78 is 0. The fourth-order valence-electron chi connectivity index (χ4n) is 3.68. The zero-order chi connectivity index (χ0) is 14.5. The van der Waals surface area contributed by atoms with E-state index in [1.807, 2.05) is 11.9 Å². The van der Waals surface area contributed by atoms with Crippen LogP contribution in [0, 0.1) is 17.8 Å². The smallest absolute Gasteiger partial charge is 0.225 e. The summed E-state index contributed by atoms with van der Waals surface area (Å²) >= 11 is 0. The molecule has 0 aromatic heterocycles. The summed E-state index contributed by atoms with van der Waals surface area (Å²) in [7, 11) is 4.18. The molecule has 2 aliphatic rings. The van der Waals surface area contributed by atoms with E-state index in [-0.39, 0.29) is 5.92 Å². The molecule has 1 aliphatic carbocycles. The van der Waals surface area contributed by atoms with Crippen LogP contribution in [0.25, 0.3) is 0 Å². The number of hydrogen-bond donors (Lipinski definition) is 1. The van der Waals surface area contributed by atoms with E-state index >= 15 is 0 Å². The number of rotatable bonds is 4. The number of nitrogens with zero attached hydrogens (tertiary/aromatic N) is 2. The Bertz CT molecular complexity index is 305. The van der Waals surface area contributed by atoms with Crippen LogP contribution >= 0.6 is 0 Å². The van der Waals surface area contributed by atoms with Crippen molar-refractivity contribution in [2.24, 2.45) is 23.5 Å². The SMILES string of the molecule is CN1CCC(CN(C)C(=O)C2CCC(CN)CC2)CC1. The van der Waals surface area contributed by atoms with Crippen molar-refractivity contribution in [3.8, 4) is 0 Å². The minimum Gasteiger partial charge on any atom is -0.345 e. The fraction of sp³-hybridized carbons (Fsp3) is 0.938. The molecule has 0 aromatic carbocycles. The van der Waals surface area contributed by atoms with E-state index in [4.69, 9.17) is 5.73 Å². The van der Waals surface area contributed by atoms with Gasteiger partial charge in [0.2, 0.25) is 5.91 Å². The Hall–Kier alpha value is -0.610. The molecule has 2 fully saturated rings. The Kier molecular flexibility index (Phi) is 5.85. The predicted molar refractivity (Wildman–Crippen MR) is 82.4 cm³/mol. The zero-order valence-electron chi connectivity index (χ0n) is 13.2. The summed E-state index contributed by atoms with van der Waals surface area (Å²) in [6.07, 6.45) is 6.81. The Morgan fingerprint density at radius 3 is 2.25 bits per heavy atom. The number of amides is 1. The van der Waals surface area contributed by atoms with Crippen LogP contribution < -0.4 is 5.73 Å². The third kappa shape index (κ3) is 4.19. The van der Waals surface area contributed by atoms with E-state index in [0.717, 1.165) is 38.8 Å². The van der Waals surface area contributed by atoms with Crippen LogP contribution in [0.15, 0.2) is 0 Å².